The number of benzene rings is 1. The second-order valence-electron chi connectivity index (χ2n) is 4.46. The van der Waals surface area contributed by atoms with E-state index in [4.69, 9.17) is 4.74 Å². The van der Waals surface area contributed by atoms with Crippen LogP contribution in [-0.4, -0.2) is 25.6 Å². The monoisotopic (exact) mass is 275 g/mol. The molecule has 0 aromatic heterocycles. The van der Waals surface area contributed by atoms with Crippen molar-refractivity contribution in [3.63, 3.8) is 0 Å². The number of hydrogen-bond acceptors (Lipinski definition) is 3. The SMILES string of the molecule is FC(F)(F)Oc1cccc(NC2CCCOCC2)c1. The molecule has 1 aromatic carbocycles. The largest absolute Gasteiger partial charge is 0.573 e. The van der Waals surface area contributed by atoms with Crippen molar-refractivity contribution in [1.82, 2.24) is 0 Å². The van der Waals surface area contributed by atoms with E-state index in [1.54, 1.807) is 6.07 Å². The van der Waals surface area contributed by atoms with E-state index < -0.39 is 6.36 Å². The first kappa shape index (κ1) is 14.0. The van der Waals surface area contributed by atoms with E-state index in [-0.39, 0.29) is 11.8 Å². The van der Waals surface area contributed by atoms with Crippen LogP contribution in [0.3, 0.4) is 0 Å². The van der Waals surface area contributed by atoms with Gasteiger partial charge in [0.2, 0.25) is 0 Å². The topological polar surface area (TPSA) is 30.5 Å². The summed E-state index contributed by atoms with van der Waals surface area (Å²) in [6.45, 7) is 1.42. The quantitative estimate of drug-likeness (QED) is 0.914. The van der Waals surface area contributed by atoms with Gasteiger partial charge in [0, 0.05) is 31.0 Å². The summed E-state index contributed by atoms with van der Waals surface area (Å²) in [5.74, 6) is -0.206. The zero-order valence-electron chi connectivity index (χ0n) is 10.4. The molecular weight excluding hydrogens is 259 g/mol. The van der Waals surface area contributed by atoms with E-state index in [9.17, 15) is 13.2 Å². The van der Waals surface area contributed by atoms with Gasteiger partial charge in [-0.05, 0) is 31.4 Å². The van der Waals surface area contributed by atoms with Crippen molar-refractivity contribution in [2.45, 2.75) is 31.7 Å². The van der Waals surface area contributed by atoms with Crippen LogP contribution in [0.15, 0.2) is 24.3 Å². The molecule has 1 fully saturated rings. The molecule has 1 aromatic rings. The molecule has 0 bridgehead atoms. The smallest absolute Gasteiger partial charge is 0.406 e. The molecular formula is C13H16F3NO2. The van der Waals surface area contributed by atoms with Crippen LogP contribution < -0.4 is 10.1 Å². The summed E-state index contributed by atoms with van der Waals surface area (Å²) in [7, 11) is 0. The highest BCUT2D eigenvalue weighted by Gasteiger charge is 2.31. The molecule has 1 N–H and O–H groups in total. The third-order valence-electron chi connectivity index (χ3n) is 2.89. The molecule has 19 heavy (non-hydrogen) atoms. The van der Waals surface area contributed by atoms with Crippen LogP contribution in [0.5, 0.6) is 5.75 Å². The molecule has 106 valence electrons. The Balaban J connectivity index is 1.98. The predicted octanol–water partition coefficient (Wildman–Crippen LogP) is 3.57. The summed E-state index contributed by atoms with van der Waals surface area (Å²) in [5, 5.41) is 3.22. The summed E-state index contributed by atoms with van der Waals surface area (Å²) in [5.41, 5.74) is 0.633. The number of rotatable bonds is 3. The Labute approximate surface area is 109 Å². The van der Waals surface area contributed by atoms with Crippen molar-refractivity contribution in [2.24, 2.45) is 0 Å². The van der Waals surface area contributed by atoms with Crippen molar-refractivity contribution in [2.75, 3.05) is 18.5 Å². The molecule has 2 rings (SSSR count). The van der Waals surface area contributed by atoms with Crippen LogP contribution in [0.4, 0.5) is 18.9 Å². The molecule has 0 saturated carbocycles. The summed E-state index contributed by atoms with van der Waals surface area (Å²) in [4.78, 5) is 0. The lowest BCUT2D eigenvalue weighted by Gasteiger charge is -2.18. The van der Waals surface area contributed by atoms with Gasteiger partial charge in [-0.15, -0.1) is 13.2 Å². The van der Waals surface area contributed by atoms with E-state index in [0.717, 1.165) is 25.9 Å². The van der Waals surface area contributed by atoms with Crippen LogP contribution in [-0.2, 0) is 4.74 Å². The Hall–Kier alpha value is -1.43. The van der Waals surface area contributed by atoms with Crippen LogP contribution in [0, 0.1) is 0 Å². The fourth-order valence-corrected chi connectivity index (χ4v) is 2.07. The van der Waals surface area contributed by atoms with Gasteiger partial charge in [-0.25, -0.2) is 0 Å². The van der Waals surface area contributed by atoms with Gasteiger partial charge in [0.15, 0.2) is 0 Å². The molecule has 1 atom stereocenters. The van der Waals surface area contributed by atoms with E-state index in [2.05, 4.69) is 10.1 Å². The predicted molar refractivity (Wildman–Crippen MR) is 65.2 cm³/mol. The number of halogens is 3. The molecule has 1 unspecified atom stereocenters. The summed E-state index contributed by atoms with van der Waals surface area (Å²) in [6, 6.07) is 6.14. The third kappa shape index (κ3) is 4.98. The highest BCUT2D eigenvalue weighted by atomic mass is 19.4. The fraction of sp³-hybridized carbons (Fsp3) is 0.538. The van der Waals surface area contributed by atoms with Crippen molar-refractivity contribution in [3.05, 3.63) is 24.3 Å². The maximum atomic E-state index is 12.1. The lowest BCUT2D eigenvalue weighted by atomic mass is 10.1. The molecule has 1 saturated heterocycles. The lowest BCUT2D eigenvalue weighted by molar-refractivity contribution is -0.274. The minimum absolute atomic E-state index is 0.206. The van der Waals surface area contributed by atoms with E-state index in [1.807, 2.05) is 0 Å². The van der Waals surface area contributed by atoms with Gasteiger partial charge in [0.05, 0.1) is 0 Å². The Morgan fingerprint density at radius 3 is 2.84 bits per heavy atom. The van der Waals surface area contributed by atoms with E-state index in [0.29, 0.717) is 12.3 Å². The van der Waals surface area contributed by atoms with Gasteiger partial charge in [-0.2, -0.15) is 0 Å². The second kappa shape index (κ2) is 6.14. The van der Waals surface area contributed by atoms with Gasteiger partial charge in [0.1, 0.15) is 5.75 Å². The van der Waals surface area contributed by atoms with Gasteiger partial charge < -0.3 is 14.8 Å². The van der Waals surface area contributed by atoms with Gasteiger partial charge >= 0.3 is 6.36 Å². The maximum absolute atomic E-state index is 12.1. The van der Waals surface area contributed by atoms with Crippen LogP contribution >= 0.6 is 0 Å². The molecule has 1 aliphatic heterocycles. The average molecular weight is 275 g/mol. The first-order chi connectivity index (χ1) is 9.03. The van der Waals surface area contributed by atoms with Gasteiger partial charge in [-0.1, -0.05) is 6.07 Å². The first-order valence-corrected chi connectivity index (χ1v) is 6.23. The Morgan fingerprint density at radius 1 is 1.21 bits per heavy atom. The van der Waals surface area contributed by atoms with Gasteiger partial charge in [-0.3, -0.25) is 0 Å². The summed E-state index contributed by atoms with van der Waals surface area (Å²) in [6.07, 6.45) is -1.90. The minimum atomic E-state index is -4.66. The van der Waals surface area contributed by atoms with Crippen molar-refractivity contribution in [3.8, 4) is 5.75 Å². The fourth-order valence-electron chi connectivity index (χ4n) is 2.07. The number of ether oxygens (including phenoxy) is 2. The minimum Gasteiger partial charge on any atom is -0.406 e. The molecule has 0 spiro atoms. The standard InChI is InChI=1S/C13H16F3NO2/c14-13(15,16)19-12-5-1-3-11(9-12)17-10-4-2-7-18-8-6-10/h1,3,5,9-10,17H,2,4,6-8H2. The first-order valence-electron chi connectivity index (χ1n) is 6.23. The van der Waals surface area contributed by atoms with Gasteiger partial charge in [0.25, 0.3) is 0 Å². The van der Waals surface area contributed by atoms with Crippen molar-refractivity contribution < 1.29 is 22.6 Å². The van der Waals surface area contributed by atoms with E-state index >= 15 is 0 Å². The average Bonchev–Trinajstić information content (AvgIpc) is 2.56. The normalized spacial score (nSPS) is 20.7. The molecule has 3 nitrogen and oxygen atoms in total. The third-order valence-corrected chi connectivity index (χ3v) is 2.89. The highest BCUT2D eigenvalue weighted by molar-refractivity contribution is 5.48. The summed E-state index contributed by atoms with van der Waals surface area (Å²) < 4.78 is 45.6. The van der Waals surface area contributed by atoms with Crippen molar-refractivity contribution in [1.29, 1.82) is 0 Å². The molecule has 6 heteroatoms. The molecule has 0 amide bonds. The van der Waals surface area contributed by atoms with Crippen LogP contribution in [0.25, 0.3) is 0 Å². The molecule has 0 radical (unpaired) electrons. The Morgan fingerprint density at radius 2 is 2.05 bits per heavy atom. The molecule has 1 heterocycles. The Bertz CT molecular complexity index is 401. The zero-order chi connectivity index (χ0) is 13.7. The van der Waals surface area contributed by atoms with Crippen LogP contribution in [0.2, 0.25) is 0 Å². The number of alkyl halides is 3. The highest BCUT2D eigenvalue weighted by Crippen LogP contribution is 2.26. The molecule has 0 aliphatic carbocycles. The number of hydrogen-bond donors (Lipinski definition) is 1. The lowest BCUT2D eigenvalue weighted by Crippen LogP contribution is -2.20. The second-order valence-corrected chi connectivity index (χ2v) is 4.46. The molecule has 1 aliphatic rings. The maximum Gasteiger partial charge on any atom is 0.573 e. The van der Waals surface area contributed by atoms with Crippen molar-refractivity contribution >= 4 is 5.69 Å². The van der Waals surface area contributed by atoms with E-state index in [1.165, 1.54) is 18.2 Å². The number of nitrogens with one attached hydrogen (secondary N) is 1. The zero-order valence-corrected chi connectivity index (χ0v) is 10.4. The summed E-state index contributed by atoms with van der Waals surface area (Å²) >= 11 is 0. The van der Waals surface area contributed by atoms with Crippen LogP contribution in [0.1, 0.15) is 19.3 Å². The number of anilines is 1. The Kier molecular flexibility index (Phi) is 4.52.